The van der Waals surface area contributed by atoms with Gasteiger partial charge in [0.2, 0.25) is 11.4 Å². The maximum absolute atomic E-state index is 8.13. The Balaban J connectivity index is 1.03. The summed E-state index contributed by atoms with van der Waals surface area (Å²) in [4.78, 5) is 12.4. The molecule has 0 aromatic heterocycles. The number of hydrogen-bond donors (Lipinski definition) is 0. The summed E-state index contributed by atoms with van der Waals surface area (Å²) in [5.74, 6) is 0. The fraction of sp³-hybridized carbons (Fsp3) is 0.0370. The molecule has 4 nitrogen and oxygen atoms in total. The Hall–Kier alpha value is -7.92. The van der Waals surface area contributed by atoms with Crippen LogP contribution in [-0.2, 0) is 0 Å². The van der Waals surface area contributed by atoms with E-state index < -0.39 is 0 Å². The van der Waals surface area contributed by atoms with Crippen LogP contribution in [0.2, 0.25) is 0 Å². The molecule has 0 saturated heterocycles. The molecule has 8 rings (SSSR count). The number of aryl methyl sites for hydroxylation is 2. The molecule has 8 aromatic rings. The van der Waals surface area contributed by atoms with Gasteiger partial charge in [-0.2, -0.15) is 0 Å². The molecule has 0 aliphatic carbocycles. The molecule has 0 spiro atoms. The average molecular weight is 745 g/mol. The van der Waals surface area contributed by atoms with Crippen LogP contribution in [0.5, 0.6) is 0 Å². The molecule has 4 heteroatoms. The summed E-state index contributed by atoms with van der Waals surface area (Å²) in [5, 5.41) is 1.54. The predicted molar refractivity (Wildman–Crippen MR) is 246 cm³/mol. The second-order valence-corrected chi connectivity index (χ2v) is 14.2. The Bertz CT molecular complexity index is 2630. The van der Waals surface area contributed by atoms with Crippen molar-refractivity contribution in [2.45, 2.75) is 13.8 Å². The van der Waals surface area contributed by atoms with Gasteiger partial charge >= 0.3 is 0 Å². The van der Waals surface area contributed by atoms with Gasteiger partial charge in [0, 0.05) is 34.1 Å². The van der Waals surface area contributed by atoms with Crippen LogP contribution in [0.25, 0.3) is 44.8 Å². The highest BCUT2D eigenvalue weighted by molar-refractivity contribution is 6.08. The first-order valence-corrected chi connectivity index (χ1v) is 19.2. The number of hydrogen-bond acceptors (Lipinski definition) is 2. The second kappa shape index (κ2) is 16.8. The number of nitrogens with zero attached hydrogens (tertiary/aromatic N) is 4. The maximum Gasteiger partial charge on any atom is 0.200 e. The standard InChI is InChI=1S/C54H40N4/c1-39-15-29-47(30-16-39)57(45-11-7-5-8-12-45)49-33-21-41(22-34-49)19-25-43-27-37-52-51(53(43)55-3)38-28-44(54(52)56-4)26-20-42-23-35-50(36-24-42)58(46-13-9-6-10-14-46)48-31-17-40(2)18-32-48/h5-38H,1-2H3/b25-19+,26-20+. The van der Waals surface area contributed by atoms with Crippen molar-refractivity contribution in [3.63, 3.8) is 0 Å². The molecule has 0 heterocycles. The number of fused-ring (bicyclic) bond motifs is 1. The van der Waals surface area contributed by atoms with Gasteiger partial charge in [-0.05, 0) is 120 Å². The van der Waals surface area contributed by atoms with Crippen LogP contribution in [-0.4, -0.2) is 0 Å². The van der Waals surface area contributed by atoms with Crippen LogP contribution < -0.4 is 9.80 Å². The van der Waals surface area contributed by atoms with Gasteiger partial charge in [-0.25, -0.2) is 9.69 Å². The minimum absolute atomic E-state index is 0.535. The average Bonchev–Trinajstić information content (AvgIpc) is 3.27. The minimum atomic E-state index is 0.535. The molecule has 0 N–H and O–H groups in total. The lowest BCUT2D eigenvalue weighted by molar-refractivity contribution is 1.27. The van der Waals surface area contributed by atoms with Crippen LogP contribution >= 0.6 is 0 Å². The summed E-state index contributed by atoms with van der Waals surface area (Å²) in [6, 6.07) is 62.6. The van der Waals surface area contributed by atoms with Crippen molar-refractivity contribution in [2.75, 3.05) is 9.80 Å². The van der Waals surface area contributed by atoms with Crippen LogP contribution in [0.4, 0.5) is 45.5 Å². The fourth-order valence-corrected chi connectivity index (χ4v) is 7.20. The number of anilines is 6. The monoisotopic (exact) mass is 744 g/mol. The number of para-hydroxylation sites is 2. The normalized spacial score (nSPS) is 11.1. The van der Waals surface area contributed by atoms with E-state index in [0.29, 0.717) is 11.4 Å². The summed E-state index contributed by atoms with van der Waals surface area (Å²) >= 11 is 0. The Labute approximate surface area is 341 Å². The van der Waals surface area contributed by atoms with Crippen molar-refractivity contribution in [2.24, 2.45) is 0 Å². The van der Waals surface area contributed by atoms with Crippen LogP contribution in [0.1, 0.15) is 33.4 Å². The van der Waals surface area contributed by atoms with Crippen LogP contribution in [0.15, 0.2) is 182 Å². The molecule has 0 saturated carbocycles. The van der Waals surface area contributed by atoms with Gasteiger partial charge in [0.1, 0.15) is 0 Å². The van der Waals surface area contributed by atoms with Gasteiger partial charge in [-0.3, -0.25) is 0 Å². The Morgan fingerprint density at radius 2 is 0.655 bits per heavy atom. The zero-order valence-electron chi connectivity index (χ0n) is 32.4. The Kier molecular flexibility index (Phi) is 10.8. The third-order valence-corrected chi connectivity index (χ3v) is 10.3. The van der Waals surface area contributed by atoms with Crippen molar-refractivity contribution in [3.8, 4) is 0 Å². The molecule has 0 bridgehead atoms. The van der Waals surface area contributed by atoms with E-state index >= 15 is 0 Å². The minimum Gasteiger partial charge on any atom is -0.311 e. The molecule has 0 atom stereocenters. The highest BCUT2D eigenvalue weighted by Crippen LogP contribution is 2.40. The molecule has 8 aromatic carbocycles. The molecule has 0 aliphatic heterocycles. The van der Waals surface area contributed by atoms with Gasteiger partial charge < -0.3 is 9.80 Å². The van der Waals surface area contributed by atoms with Gasteiger partial charge in [0.05, 0.1) is 13.1 Å². The van der Waals surface area contributed by atoms with Crippen LogP contribution in [0.3, 0.4) is 0 Å². The van der Waals surface area contributed by atoms with Gasteiger partial charge in [0.25, 0.3) is 0 Å². The van der Waals surface area contributed by atoms with Crippen molar-refractivity contribution in [3.05, 3.63) is 238 Å². The molecule has 58 heavy (non-hydrogen) atoms. The highest BCUT2D eigenvalue weighted by Gasteiger charge is 2.15. The van der Waals surface area contributed by atoms with E-state index in [1.165, 1.54) is 11.1 Å². The highest BCUT2D eigenvalue weighted by atomic mass is 15.1. The topological polar surface area (TPSA) is 15.2 Å². The summed E-state index contributed by atoms with van der Waals surface area (Å²) in [6.45, 7) is 20.5. The lowest BCUT2D eigenvalue weighted by Gasteiger charge is -2.25. The first-order chi connectivity index (χ1) is 28.5. The summed E-state index contributed by atoms with van der Waals surface area (Å²) in [6.07, 6.45) is 8.06. The molecule has 0 amide bonds. The first-order valence-electron chi connectivity index (χ1n) is 19.2. The molecule has 0 aliphatic rings. The smallest absolute Gasteiger partial charge is 0.200 e. The van der Waals surface area contributed by atoms with Crippen molar-refractivity contribution in [1.82, 2.24) is 0 Å². The third kappa shape index (κ3) is 7.91. The van der Waals surface area contributed by atoms with Crippen molar-refractivity contribution in [1.29, 1.82) is 0 Å². The van der Waals surface area contributed by atoms with E-state index in [2.05, 4.69) is 179 Å². The van der Waals surface area contributed by atoms with Crippen molar-refractivity contribution < 1.29 is 0 Å². The maximum atomic E-state index is 8.13. The Morgan fingerprint density at radius 1 is 0.345 bits per heavy atom. The fourth-order valence-electron chi connectivity index (χ4n) is 7.20. The molecule has 0 fully saturated rings. The van der Waals surface area contributed by atoms with E-state index in [-0.39, 0.29) is 0 Å². The molecule has 0 unspecified atom stereocenters. The zero-order valence-corrected chi connectivity index (χ0v) is 32.4. The molecule has 276 valence electrons. The second-order valence-electron chi connectivity index (χ2n) is 14.2. The third-order valence-electron chi connectivity index (χ3n) is 10.3. The van der Waals surface area contributed by atoms with Gasteiger partial charge in [-0.1, -0.05) is 145 Å². The molecule has 0 radical (unpaired) electrons. The van der Waals surface area contributed by atoms with E-state index in [1.807, 2.05) is 60.7 Å². The van der Waals surface area contributed by atoms with Crippen LogP contribution in [0, 0.1) is 27.0 Å². The van der Waals surface area contributed by atoms with Gasteiger partial charge in [-0.15, -0.1) is 0 Å². The Morgan fingerprint density at radius 3 is 0.983 bits per heavy atom. The van der Waals surface area contributed by atoms with Crippen molar-refractivity contribution >= 4 is 80.6 Å². The molecular formula is C54H40N4. The quantitative estimate of drug-likeness (QED) is 0.102. The van der Waals surface area contributed by atoms with E-state index in [0.717, 1.165) is 67.2 Å². The van der Waals surface area contributed by atoms with E-state index in [9.17, 15) is 0 Å². The van der Waals surface area contributed by atoms with Gasteiger partial charge in [0.15, 0.2) is 0 Å². The lowest BCUT2D eigenvalue weighted by Crippen LogP contribution is -2.09. The largest absolute Gasteiger partial charge is 0.311 e. The summed E-state index contributed by atoms with van der Waals surface area (Å²) in [5.41, 5.74) is 13.6. The van der Waals surface area contributed by atoms with E-state index in [4.69, 9.17) is 13.1 Å². The molecular weight excluding hydrogens is 705 g/mol. The number of benzene rings is 8. The predicted octanol–water partition coefficient (Wildman–Crippen LogP) is 15.8. The van der Waals surface area contributed by atoms with E-state index in [1.54, 1.807) is 0 Å². The lowest BCUT2D eigenvalue weighted by atomic mass is 9.98. The SMILES string of the molecule is [C-]#[N+]c1c(/C=C/c2ccc(N(c3ccccc3)c3ccc(C)cc3)cc2)ccc2c([N+]#[C-])c(/C=C/c3ccc(N(c4ccccc4)c4ccc(C)cc4)cc3)ccc12. The number of rotatable bonds is 10. The summed E-state index contributed by atoms with van der Waals surface area (Å²) in [7, 11) is 0. The first kappa shape index (κ1) is 37.0. The zero-order chi connectivity index (χ0) is 39.8. The summed E-state index contributed by atoms with van der Waals surface area (Å²) < 4.78 is 0.